The first-order chi connectivity index (χ1) is 6.07. The molecule has 0 radical (unpaired) electrons. The Balaban J connectivity index is 3.35. The Morgan fingerprint density at radius 1 is 1.46 bits per heavy atom. The van der Waals surface area contributed by atoms with Crippen molar-refractivity contribution in [1.82, 2.24) is 4.57 Å². The Labute approximate surface area is 82.3 Å². The first-order valence-corrected chi connectivity index (χ1v) is 4.49. The van der Waals surface area contributed by atoms with Gasteiger partial charge in [0.25, 0.3) is 0 Å². The van der Waals surface area contributed by atoms with E-state index in [1.54, 1.807) is 13.0 Å². The molecule has 1 rings (SSSR count). The van der Waals surface area contributed by atoms with E-state index in [1.165, 1.54) is 0 Å². The molecule has 0 amide bonds. The van der Waals surface area contributed by atoms with Gasteiger partial charge in [-0.2, -0.15) is 0 Å². The summed E-state index contributed by atoms with van der Waals surface area (Å²) < 4.78 is 2.30. The van der Waals surface area contributed by atoms with Gasteiger partial charge < -0.3 is 14.8 Å². The molecule has 3 nitrogen and oxygen atoms in total. The third kappa shape index (κ3) is 1.89. The van der Waals surface area contributed by atoms with Gasteiger partial charge in [-0.25, -0.2) is 0 Å². The van der Waals surface area contributed by atoms with Crippen LogP contribution in [0.2, 0.25) is 0 Å². The van der Waals surface area contributed by atoms with Crippen molar-refractivity contribution in [3.05, 3.63) is 22.0 Å². The van der Waals surface area contributed by atoms with Crippen LogP contribution in [0.3, 0.4) is 0 Å². The molecule has 0 bridgehead atoms. The summed E-state index contributed by atoms with van der Waals surface area (Å²) in [7, 11) is 0. The highest BCUT2D eigenvalue weighted by Crippen LogP contribution is 2.19. The summed E-state index contributed by atoms with van der Waals surface area (Å²) in [4.78, 5) is 0. The summed E-state index contributed by atoms with van der Waals surface area (Å²) in [6.45, 7) is 4.23. The van der Waals surface area contributed by atoms with E-state index in [-0.39, 0.29) is 12.4 Å². The normalized spacial score (nSPS) is 10.4. The molecule has 1 aromatic heterocycles. The van der Waals surface area contributed by atoms with Gasteiger partial charge in [0.1, 0.15) is 0 Å². The summed E-state index contributed by atoms with van der Waals surface area (Å²) in [5.74, 6) is 0.133. The molecule has 1 aromatic rings. The van der Waals surface area contributed by atoms with Crippen LogP contribution in [0.1, 0.15) is 11.4 Å². The molecular formula is C9H13NO2S. The summed E-state index contributed by atoms with van der Waals surface area (Å²) in [5, 5.41) is 18.3. The Hall–Kier alpha value is -0.870. The van der Waals surface area contributed by atoms with Crippen LogP contribution in [0, 0.1) is 18.4 Å². The van der Waals surface area contributed by atoms with Crippen molar-refractivity contribution in [2.75, 3.05) is 6.61 Å². The van der Waals surface area contributed by atoms with Gasteiger partial charge in [0.05, 0.1) is 16.8 Å². The molecule has 0 saturated carbocycles. The van der Waals surface area contributed by atoms with Crippen molar-refractivity contribution in [2.24, 2.45) is 0 Å². The minimum Gasteiger partial charge on any atom is -0.505 e. The standard InChI is InChI=1S/C9H13NO2S/c1-6-5-8(13)9(12)7(2)10(6)3-4-11/h5,11-12H,3-4H2,1-2H3. The third-order valence-electron chi connectivity index (χ3n) is 2.07. The highest BCUT2D eigenvalue weighted by Gasteiger charge is 2.05. The fourth-order valence-corrected chi connectivity index (χ4v) is 1.67. The van der Waals surface area contributed by atoms with E-state index in [1.807, 2.05) is 11.5 Å². The molecule has 0 unspecified atom stereocenters. The zero-order valence-corrected chi connectivity index (χ0v) is 8.56. The number of hydrogen-bond donors (Lipinski definition) is 2. The molecule has 2 N–H and O–H groups in total. The molecule has 0 aromatic carbocycles. The maximum atomic E-state index is 9.53. The highest BCUT2D eigenvalue weighted by molar-refractivity contribution is 7.71. The molecule has 0 fully saturated rings. The topological polar surface area (TPSA) is 45.4 Å². The molecule has 0 atom stereocenters. The van der Waals surface area contributed by atoms with Crippen LogP contribution in [0.25, 0.3) is 0 Å². The van der Waals surface area contributed by atoms with Crippen molar-refractivity contribution >= 4 is 12.2 Å². The fourth-order valence-electron chi connectivity index (χ4n) is 1.35. The van der Waals surface area contributed by atoms with E-state index >= 15 is 0 Å². The molecule has 0 saturated heterocycles. The molecule has 13 heavy (non-hydrogen) atoms. The lowest BCUT2D eigenvalue weighted by molar-refractivity contribution is 0.272. The van der Waals surface area contributed by atoms with Crippen LogP contribution in [-0.2, 0) is 6.54 Å². The summed E-state index contributed by atoms with van der Waals surface area (Å²) in [5.41, 5.74) is 1.66. The number of rotatable bonds is 2. The maximum Gasteiger partial charge on any atom is 0.152 e. The van der Waals surface area contributed by atoms with Gasteiger partial charge in [-0.05, 0) is 19.9 Å². The average molecular weight is 199 g/mol. The van der Waals surface area contributed by atoms with E-state index < -0.39 is 0 Å². The van der Waals surface area contributed by atoms with E-state index in [2.05, 4.69) is 0 Å². The molecule has 0 aliphatic carbocycles. The lowest BCUT2D eigenvalue weighted by Gasteiger charge is -2.14. The first-order valence-electron chi connectivity index (χ1n) is 4.08. The average Bonchev–Trinajstić information content (AvgIpc) is 2.09. The lowest BCUT2D eigenvalue weighted by atomic mass is 10.2. The third-order valence-corrected chi connectivity index (χ3v) is 2.38. The zero-order chi connectivity index (χ0) is 10.0. The van der Waals surface area contributed by atoms with Crippen molar-refractivity contribution in [3.8, 4) is 5.75 Å². The van der Waals surface area contributed by atoms with Gasteiger partial charge in [-0.15, -0.1) is 0 Å². The van der Waals surface area contributed by atoms with E-state index in [4.69, 9.17) is 17.3 Å². The molecular weight excluding hydrogens is 186 g/mol. The Kier molecular flexibility index (Phi) is 3.06. The quantitative estimate of drug-likeness (QED) is 0.710. The van der Waals surface area contributed by atoms with Crippen LogP contribution in [-0.4, -0.2) is 21.4 Å². The van der Waals surface area contributed by atoms with Gasteiger partial charge >= 0.3 is 0 Å². The predicted octanol–water partition coefficient (Wildman–Crippen LogP) is 1.53. The Morgan fingerprint density at radius 2 is 2.08 bits per heavy atom. The van der Waals surface area contributed by atoms with Gasteiger partial charge in [0, 0.05) is 12.2 Å². The van der Waals surface area contributed by atoms with E-state index in [0.717, 1.165) is 5.69 Å². The minimum atomic E-state index is 0.0581. The number of aliphatic hydroxyl groups is 1. The molecule has 0 spiro atoms. The van der Waals surface area contributed by atoms with Crippen LogP contribution < -0.4 is 0 Å². The number of hydrogen-bond acceptors (Lipinski definition) is 3. The zero-order valence-electron chi connectivity index (χ0n) is 7.74. The second-order valence-electron chi connectivity index (χ2n) is 2.96. The van der Waals surface area contributed by atoms with Crippen molar-refractivity contribution in [1.29, 1.82) is 0 Å². The summed E-state index contributed by atoms with van der Waals surface area (Å²) in [6.07, 6.45) is 0. The van der Waals surface area contributed by atoms with Gasteiger partial charge in [0.2, 0.25) is 0 Å². The monoisotopic (exact) mass is 199 g/mol. The molecule has 4 heteroatoms. The lowest BCUT2D eigenvalue weighted by Crippen LogP contribution is -2.10. The van der Waals surface area contributed by atoms with Crippen LogP contribution >= 0.6 is 12.2 Å². The van der Waals surface area contributed by atoms with E-state index in [0.29, 0.717) is 16.7 Å². The van der Waals surface area contributed by atoms with Gasteiger partial charge in [-0.1, -0.05) is 12.2 Å². The van der Waals surface area contributed by atoms with Crippen molar-refractivity contribution in [2.45, 2.75) is 20.4 Å². The second kappa shape index (κ2) is 3.89. The van der Waals surface area contributed by atoms with Gasteiger partial charge in [0.15, 0.2) is 5.75 Å². The number of aryl methyl sites for hydroxylation is 1. The van der Waals surface area contributed by atoms with Crippen LogP contribution in [0.15, 0.2) is 6.07 Å². The van der Waals surface area contributed by atoms with Crippen LogP contribution in [0.4, 0.5) is 0 Å². The number of aliphatic hydroxyl groups excluding tert-OH is 1. The van der Waals surface area contributed by atoms with Crippen molar-refractivity contribution in [3.63, 3.8) is 0 Å². The smallest absolute Gasteiger partial charge is 0.152 e. The molecule has 0 aliphatic rings. The largest absolute Gasteiger partial charge is 0.505 e. The second-order valence-corrected chi connectivity index (χ2v) is 3.40. The Bertz CT molecular complexity index is 371. The molecule has 0 aliphatic heterocycles. The highest BCUT2D eigenvalue weighted by atomic mass is 32.1. The fraction of sp³-hybridized carbons (Fsp3) is 0.444. The van der Waals surface area contributed by atoms with Gasteiger partial charge in [-0.3, -0.25) is 0 Å². The van der Waals surface area contributed by atoms with E-state index in [9.17, 15) is 5.11 Å². The number of aromatic nitrogens is 1. The SMILES string of the molecule is Cc1cc(=S)c(O)c(C)n1CCO. The van der Waals surface area contributed by atoms with Crippen molar-refractivity contribution < 1.29 is 10.2 Å². The number of aromatic hydroxyl groups is 1. The predicted molar refractivity (Wildman–Crippen MR) is 53.5 cm³/mol. The summed E-state index contributed by atoms with van der Waals surface area (Å²) in [6, 6.07) is 1.73. The maximum absolute atomic E-state index is 9.53. The molecule has 1 heterocycles. The summed E-state index contributed by atoms with van der Waals surface area (Å²) >= 11 is 4.95. The minimum absolute atomic E-state index is 0.0581. The first kappa shape index (κ1) is 10.2. The Morgan fingerprint density at radius 3 is 2.62 bits per heavy atom. The number of pyridine rings is 1. The van der Waals surface area contributed by atoms with Crippen LogP contribution in [0.5, 0.6) is 5.75 Å². The molecule has 72 valence electrons. The number of nitrogens with zero attached hydrogens (tertiary/aromatic N) is 1.